The fourth-order valence-corrected chi connectivity index (χ4v) is 2.35. The van der Waals surface area contributed by atoms with Crippen LogP contribution in [0, 0.1) is 0 Å². The quantitative estimate of drug-likeness (QED) is 0.744. The van der Waals surface area contributed by atoms with Crippen molar-refractivity contribution in [2.45, 2.75) is 0 Å². The lowest BCUT2D eigenvalue weighted by atomic mass is 10.1. The van der Waals surface area contributed by atoms with E-state index in [2.05, 4.69) is 35.9 Å². The van der Waals surface area contributed by atoms with Crippen LogP contribution in [-0.4, -0.2) is 19.9 Å². The summed E-state index contributed by atoms with van der Waals surface area (Å²) in [4.78, 5) is 17.8. The Balaban J connectivity index is 2.16. The van der Waals surface area contributed by atoms with Gasteiger partial charge in [0.1, 0.15) is 12.2 Å². The van der Waals surface area contributed by atoms with Gasteiger partial charge in [0.05, 0.1) is 17.1 Å². The van der Waals surface area contributed by atoms with Crippen LogP contribution >= 0.6 is 27.5 Å². The maximum Gasteiger partial charge on any atom is 0.131 e. The van der Waals surface area contributed by atoms with E-state index in [1.165, 1.54) is 6.33 Å². The average Bonchev–Trinajstić information content (AvgIpc) is 2.93. The van der Waals surface area contributed by atoms with Gasteiger partial charge in [0.2, 0.25) is 0 Å². The molecule has 0 aliphatic carbocycles. The van der Waals surface area contributed by atoms with Crippen molar-refractivity contribution in [3.8, 4) is 22.6 Å². The molecule has 0 spiro atoms. The molecule has 3 aromatic rings. The van der Waals surface area contributed by atoms with Crippen LogP contribution in [-0.2, 0) is 0 Å². The minimum Gasteiger partial charge on any atom is -0.337 e. The van der Waals surface area contributed by atoms with Crippen molar-refractivity contribution < 1.29 is 0 Å². The molecule has 0 saturated carbocycles. The molecule has 0 aliphatic heterocycles. The maximum absolute atomic E-state index is 5.94. The standard InChI is InChI=1S/C15H10BrClN4/c16-7-5-13-20-14(10-1-3-11(17)4-2-10)15(21-13)12-6-8-18-9-19-12/h1-9H,(H,20,21)/b7-5+. The maximum atomic E-state index is 5.94. The highest BCUT2D eigenvalue weighted by atomic mass is 79.9. The van der Waals surface area contributed by atoms with E-state index in [0.29, 0.717) is 5.02 Å². The molecular formula is C15H10BrClN4. The zero-order valence-electron chi connectivity index (χ0n) is 10.8. The van der Waals surface area contributed by atoms with Gasteiger partial charge in [-0.1, -0.05) is 39.7 Å². The molecule has 6 heteroatoms. The van der Waals surface area contributed by atoms with Crippen LogP contribution < -0.4 is 0 Å². The predicted octanol–water partition coefficient (Wildman–Crippen LogP) is 4.55. The van der Waals surface area contributed by atoms with E-state index >= 15 is 0 Å². The molecule has 1 aromatic carbocycles. The van der Waals surface area contributed by atoms with Crippen molar-refractivity contribution in [1.29, 1.82) is 0 Å². The van der Waals surface area contributed by atoms with Gasteiger partial charge in [-0.05, 0) is 29.3 Å². The van der Waals surface area contributed by atoms with E-state index in [0.717, 1.165) is 28.5 Å². The number of nitrogens with one attached hydrogen (secondary N) is 1. The normalized spacial score (nSPS) is 11.1. The third-order valence-corrected chi connectivity index (χ3v) is 3.42. The van der Waals surface area contributed by atoms with Crippen LogP contribution in [0.3, 0.4) is 0 Å². The van der Waals surface area contributed by atoms with E-state index in [9.17, 15) is 0 Å². The van der Waals surface area contributed by atoms with E-state index < -0.39 is 0 Å². The summed E-state index contributed by atoms with van der Waals surface area (Å²) in [7, 11) is 0. The Bertz CT molecular complexity index is 766. The molecule has 2 heterocycles. The number of halogens is 2. The number of aromatic nitrogens is 4. The van der Waals surface area contributed by atoms with E-state index in [-0.39, 0.29) is 0 Å². The molecular weight excluding hydrogens is 352 g/mol. The molecule has 0 saturated heterocycles. The molecule has 104 valence electrons. The Labute approximate surface area is 135 Å². The van der Waals surface area contributed by atoms with Crippen molar-refractivity contribution in [3.05, 3.63) is 58.7 Å². The summed E-state index contributed by atoms with van der Waals surface area (Å²) in [6, 6.07) is 9.40. The lowest BCUT2D eigenvalue weighted by Crippen LogP contribution is -1.87. The highest BCUT2D eigenvalue weighted by Gasteiger charge is 2.14. The summed E-state index contributed by atoms with van der Waals surface area (Å²) in [5, 5.41) is 0.693. The van der Waals surface area contributed by atoms with Crippen LogP contribution in [0.15, 0.2) is 47.8 Å². The number of aromatic amines is 1. The second-order valence-electron chi connectivity index (χ2n) is 4.24. The minimum absolute atomic E-state index is 0.693. The molecule has 0 unspecified atom stereocenters. The van der Waals surface area contributed by atoms with E-state index in [4.69, 9.17) is 11.6 Å². The number of benzene rings is 1. The molecule has 2 aromatic heterocycles. The Morgan fingerprint density at radius 1 is 1.14 bits per heavy atom. The van der Waals surface area contributed by atoms with Gasteiger partial charge in [0.15, 0.2) is 0 Å². The molecule has 0 fully saturated rings. The number of H-pyrrole nitrogens is 1. The van der Waals surface area contributed by atoms with Crippen LogP contribution in [0.5, 0.6) is 0 Å². The van der Waals surface area contributed by atoms with Gasteiger partial charge >= 0.3 is 0 Å². The molecule has 0 atom stereocenters. The first-order valence-corrected chi connectivity index (χ1v) is 7.46. The SMILES string of the molecule is Clc1ccc(-c2nc(/C=C/Br)[nH]c2-c2ccncn2)cc1. The first kappa shape index (κ1) is 14.0. The topological polar surface area (TPSA) is 54.5 Å². The summed E-state index contributed by atoms with van der Waals surface area (Å²) < 4.78 is 0. The highest BCUT2D eigenvalue weighted by molar-refractivity contribution is 9.11. The van der Waals surface area contributed by atoms with Crippen molar-refractivity contribution in [2.24, 2.45) is 0 Å². The van der Waals surface area contributed by atoms with Crippen LogP contribution in [0.2, 0.25) is 5.02 Å². The van der Waals surface area contributed by atoms with Crippen LogP contribution in [0.1, 0.15) is 5.82 Å². The molecule has 4 nitrogen and oxygen atoms in total. The van der Waals surface area contributed by atoms with Gasteiger partial charge < -0.3 is 4.98 Å². The first-order valence-electron chi connectivity index (χ1n) is 6.17. The number of hydrogen-bond acceptors (Lipinski definition) is 3. The summed E-state index contributed by atoms with van der Waals surface area (Å²) in [5.74, 6) is 0.741. The van der Waals surface area contributed by atoms with Gasteiger partial charge in [0, 0.05) is 16.8 Å². The van der Waals surface area contributed by atoms with E-state index in [1.54, 1.807) is 11.2 Å². The zero-order chi connectivity index (χ0) is 14.7. The Morgan fingerprint density at radius 2 is 1.95 bits per heavy atom. The molecule has 1 N–H and O–H groups in total. The van der Waals surface area contributed by atoms with Gasteiger partial charge in [-0.3, -0.25) is 0 Å². The molecule has 0 radical (unpaired) electrons. The number of imidazole rings is 1. The van der Waals surface area contributed by atoms with Gasteiger partial charge in [-0.2, -0.15) is 0 Å². The monoisotopic (exact) mass is 360 g/mol. The van der Waals surface area contributed by atoms with Gasteiger partial charge in [-0.15, -0.1) is 0 Å². The molecule has 0 bridgehead atoms. The number of nitrogens with zero attached hydrogens (tertiary/aromatic N) is 3. The lowest BCUT2D eigenvalue weighted by molar-refractivity contribution is 1.16. The van der Waals surface area contributed by atoms with Gasteiger partial charge in [0.25, 0.3) is 0 Å². The average molecular weight is 362 g/mol. The fraction of sp³-hybridized carbons (Fsp3) is 0. The Morgan fingerprint density at radius 3 is 2.62 bits per heavy atom. The van der Waals surface area contributed by atoms with Crippen molar-refractivity contribution in [1.82, 2.24) is 19.9 Å². The lowest BCUT2D eigenvalue weighted by Gasteiger charge is -2.02. The fourth-order valence-electron chi connectivity index (χ4n) is 1.97. The summed E-state index contributed by atoms with van der Waals surface area (Å²) >= 11 is 9.20. The Kier molecular flexibility index (Phi) is 4.13. The molecule has 3 rings (SSSR count). The zero-order valence-corrected chi connectivity index (χ0v) is 13.1. The third-order valence-electron chi connectivity index (χ3n) is 2.90. The second-order valence-corrected chi connectivity index (χ2v) is 5.20. The predicted molar refractivity (Wildman–Crippen MR) is 88.0 cm³/mol. The number of hydrogen-bond donors (Lipinski definition) is 1. The van der Waals surface area contributed by atoms with Crippen molar-refractivity contribution in [3.63, 3.8) is 0 Å². The second kappa shape index (κ2) is 6.20. The van der Waals surface area contributed by atoms with Crippen molar-refractivity contribution >= 4 is 33.6 Å². The smallest absolute Gasteiger partial charge is 0.131 e. The number of rotatable bonds is 3. The van der Waals surface area contributed by atoms with E-state index in [1.807, 2.05) is 36.4 Å². The van der Waals surface area contributed by atoms with Gasteiger partial charge in [-0.25, -0.2) is 15.0 Å². The summed E-state index contributed by atoms with van der Waals surface area (Å²) in [6.45, 7) is 0. The molecule has 0 aliphatic rings. The molecule has 21 heavy (non-hydrogen) atoms. The van der Waals surface area contributed by atoms with Crippen LogP contribution in [0.4, 0.5) is 0 Å². The molecule has 0 amide bonds. The van der Waals surface area contributed by atoms with Crippen molar-refractivity contribution in [2.75, 3.05) is 0 Å². The highest BCUT2D eigenvalue weighted by Crippen LogP contribution is 2.29. The first-order chi connectivity index (χ1) is 10.3. The third kappa shape index (κ3) is 3.04. The Hall–Kier alpha value is -1.98. The van der Waals surface area contributed by atoms with Crippen LogP contribution in [0.25, 0.3) is 28.7 Å². The largest absolute Gasteiger partial charge is 0.337 e. The minimum atomic E-state index is 0.693. The summed E-state index contributed by atoms with van der Waals surface area (Å²) in [5.41, 5.74) is 3.43. The summed E-state index contributed by atoms with van der Waals surface area (Å²) in [6.07, 6.45) is 5.06.